The Balaban J connectivity index is 1.08. The van der Waals surface area contributed by atoms with E-state index in [1.165, 1.54) is 21.9 Å². The zero-order valence-corrected chi connectivity index (χ0v) is 32.4. The molecule has 10 aromatic carbocycles. The van der Waals surface area contributed by atoms with E-state index in [-0.39, 0.29) is 35.6 Å². The molecule has 0 amide bonds. The van der Waals surface area contributed by atoms with E-state index in [0.717, 1.165) is 54.9 Å². The fourth-order valence-electron chi connectivity index (χ4n) is 8.31. The predicted octanol–water partition coefficient (Wildman–Crippen LogP) is 15.0. The second kappa shape index (κ2) is 15.1. The van der Waals surface area contributed by atoms with Crippen molar-refractivity contribution in [3.05, 3.63) is 224 Å². The van der Waals surface area contributed by atoms with Crippen LogP contribution in [0.2, 0.25) is 0 Å². The second-order valence-corrected chi connectivity index (χ2v) is 14.9. The summed E-state index contributed by atoms with van der Waals surface area (Å²) in [5.41, 5.74) is 9.23. The van der Waals surface area contributed by atoms with Crippen LogP contribution in [0, 0.1) is 0 Å². The fraction of sp³-hybridized carbons (Fsp3) is 0. The van der Waals surface area contributed by atoms with E-state index in [2.05, 4.69) is 121 Å². The molecule has 11 rings (SSSR count). The Morgan fingerprint density at radius 3 is 1.52 bits per heavy atom. The first-order valence-electron chi connectivity index (χ1n) is 22.0. The number of benzene rings is 10. The van der Waals surface area contributed by atoms with Gasteiger partial charge in [0.1, 0.15) is 0 Å². The largest absolute Gasteiger partial charge is 0.208 e. The summed E-state index contributed by atoms with van der Waals surface area (Å²) in [5.74, 6) is 0.922. The van der Waals surface area contributed by atoms with Gasteiger partial charge in [-0.05, 0) is 101 Å². The average Bonchev–Trinajstić information content (AvgIpc) is 3.36. The molecule has 0 N–H and O–H groups in total. The van der Waals surface area contributed by atoms with Crippen molar-refractivity contribution in [2.24, 2.45) is 0 Å². The maximum atomic E-state index is 9.28. The average molecular weight is 768 g/mol. The van der Waals surface area contributed by atoms with Crippen LogP contribution in [0.15, 0.2) is 224 Å². The topological polar surface area (TPSA) is 38.7 Å². The molecule has 0 atom stereocenters. The molecule has 0 radical (unpaired) electrons. The number of nitrogens with zero attached hydrogens (tertiary/aromatic N) is 3. The van der Waals surface area contributed by atoms with Gasteiger partial charge in [-0.15, -0.1) is 0 Å². The molecule has 3 nitrogen and oxygen atoms in total. The molecule has 0 unspecified atom stereocenters. The molecule has 1 aromatic heterocycles. The highest BCUT2D eigenvalue weighted by atomic mass is 15.0. The predicted molar refractivity (Wildman–Crippen MR) is 250 cm³/mol. The van der Waals surface area contributed by atoms with Gasteiger partial charge >= 0.3 is 0 Å². The molecule has 0 fully saturated rings. The highest BCUT2D eigenvalue weighted by Crippen LogP contribution is 2.38. The van der Waals surface area contributed by atoms with Crippen LogP contribution in [0.3, 0.4) is 0 Å². The first-order valence-corrected chi connectivity index (χ1v) is 20.0. The summed E-state index contributed by atoms with van der Waals surface area (Å²) in [6.45, 7) is 0. The molecular weight excluding hydrogens is 727 g/mol. The third-order valence-corrected chi connectivity index (χ3v) is 11.3. The van der Waals surface area contributed by atoms with Crippen LogP contribution >= 0.6 is 0 Å². The van der Waals surface area contributed by atoms with E-state index in [1.807, 2.05) is 78.9 Å². The van der Waals surface area contributed by atoms with Gasteiger partial charge in [0, 0.05) is 16.7 Å². The standard InChI is InChI=1S/C57H37N3/c1-3-15-38(16-4-1)48-24-9-12-27-53(48)56-58-55(59-57(60-56)54-34-33-50(39-17-5-2-6-18-39)51-25-10-11-26-52(51)54)46-22-13-21-41(37-46)42-29-30-44-36-45(32-31-43(44)35-42)49-28-14-20-40-19-7-8-23-47(40)49/h1-37H/i9D,12D,24D,27D. The summed E-state index contributed by atoms with van der Waals surface area (Å²) in [4.78, 5) is 15.4. The smallest absolute Gasteiger partial charge is 0.164 e. The summed E-state index contributed by atoms with van der Waals surface area (Å²) in [7, 11) is 0. The van der Waals surface area contributed by atoms with Gasteiger partial charge in [-0.2, -0.15) is 0 Å². The van der Waals surface area contributed by atoms with Gasteiger partial charge in [0.15, 0.2) is 17.5 Å². The number of hydrogen-bond donors (Lipinski definition) is 0. The Kier molecular flexibility index (Phi) is 7.79. The SMILES string of the molecule is [2H]c1c([2H])c([2H])c(-c2nc(-c3cccc(-c4ccc5cc(-c6cccc7ccccc67)ccc5c4)c3)nc(-c3ccc(-c4ccccc4)c4ccccc34)n2)c(-c2ccccc2)c1[2H]. The lowest BCUT2D eigenvalue weighted by molar-refractivity contribution is 1.08. The Morgan fingerprint density at radius 1 is 0.267 bits per heavy atom. The molecule has 0 saturated heterocycles. The molecule has 0 aliphatic heterocycles. The van der Waals surface area contributed by atoms with Crippen molar-refractivity contribution in [2.45, 2.75) is 0 Å². The van der Waals surface area contributed by atoms with Crippen molar-refractivity contribution in [2.75, 3.05) is 0 Å². The van der Waals surface area contributed by atoms with Crippen molar-refractivity contribution in [1.29, 1.82) is 0 Å². The van der Waals surface area contributed by atoms with Crippen molar-refractivity contribution < 1.29 is 5.48 Å². The lowest BCUT2D eigenvalue weighted by Crippen LogP contribution is -2.02. The molecule has 11 aromatic rings. The van der Waals surface area contributed by atoms with Gasteiger partial charge in [-0.3, -0.25) is 0 Å². The molecule has 0 saturated carbocycles. The van der Waals surface area contributed by atoms with Crippen molar-refractivity contribution in [1.82, 2.24) is 15.0 Å². The molecule has 0 bridgehead atoms. The summed E-state index contributed by atoms with van der Waals surface area (Å²) >= 11 is 0. The number of aromatic nitrogens is 3. The third kappa shape index (κ3) is 6.49. The van der Waals surface area contributed by atoms with E-state index >= 15 is 0 Å². The van der Waals surface area contributed by atoms with E-state index in [9.17, 15) is 1.37 Å². The van der Waals surface area contributed by atoms with Gasteiger partial charge in [0.2, 0.25) is 0 Å². The molecule has 60 heavy (non-hydrogen) atoms. The minimum atomic E-state index is -0.358. The number of rotatable bonds is 7. The summed E-state index contributed by atoms with van der Waals surface area (Å²) < 4.78 is 35.8. The van der Waals surface area contributed by atoms with Crippen molar-refractivity contribution >= 4 is 32.3 Å². The maximum Gasteiger partial charge on any atom is 0.164 e. The van der Waals surface area contributed by atoms with Crippen LogP contribution in [-0.2, 0) is 0 Å². The van der Waals surface area contributed by atoms with Crippen LogP contribution in [-0.4, -0.2) is 15.0 Å². The number of hydrogen-bond acceptors (Lipinski definition) is 3. The fourth-order valence-corrected chi connectivity index (χ4v) is 8.31. The summed E-state index contributed by atoms with van der Waals surface area (Å²) in [5, 5.41) is 6.68. The first-order chi connectivity index (χ1) is 31.4. The molecule has 0 aliphatic carbocycles. The van der Waals surface area contributed by atoms with Gasteiger partial charge in [0.05, 0.1) is 5.48 Å². The maximum absolute atomic E-state index is 9.28. The molecule has 1 heterocycles. The van der Waals surface area contributed by atoms with Crippen molar-refractivity contribution in [3.63, 3.8) is 0 Å². The van der Waals surface area contributed by atoms with Gasteiger partial charge in [-0.25, -0.2) is 15.0 Å². The van der Waals surface area contributed by atoms with E-state index in [4.69, 9.17) is 19.1 Å². The Labute approximate surface area is 354 Å². The Hall–Kier alpha value is -8.01. The second-order valence-electron chi connectivity index (χ2n) is 14.9. The van der Waals surface area contributed by atoms with Crippen LogP contribution < -0.4 is 0 Å². The van der Waals surface area contributed by atoms with Crippen LogP contribution in [0.1, 0.15) is 5.48 Å². The summed E-state index contributed by atoms with van der Waals surface area (Å²) in [6, 6.07) is 67.0. The molecular formula is C57H37N3. The molecule has 0 spiro atoms. The molecule has 3 heteroatoms. The van der Waals surface area contributed by atoms with Gasteiger partial charge in [0.25, 0.3) is 0 Å². The van der Waals surface area contributed by atoms with Crippen LogP contribution in [0.4, 0.5) is 0 Å². The molecule has 280 valence electrons. The minimum Gasteiger partial charge on any atom is -0.208 e. The highest BCUT2D eigenvalue weighted by Gasteiger charge is 2.18. The lowest BCUT2D eigenvalue weighted by atomic mass is 9.94. The van der Waals surface area contributed by atoms with Crippen molar-refractivity contribution in [3.8, 4) is 78.7 Å². The summed E-state index contributed by atoms with van der Waals surface area (Å²) in [6.07, 6.45) is 0. The normalized spacial score (nSPS) is 12.3. The van der Waals surface area contributed by atoms with Crippen LogP contribution in [0.25, 0.3) is 111 Å². The molecule has 0 aliphatic rings. The minimum absolute atomic E-state index is 0.153. The van der Waals surface area contributed by atoms with E-state index in [0.29, 0.717) is 22.8 Å². The third-order valence-electron chi connectivity index (χ3n) is 11.3. The number of fused-ring (bicyclic) bond motifs is 3. The van der Waals surface area contributed by atoms with E-state index < -0.39 is 0 Å². The zero-order chi connectivity index (χ0) is 43.3. The van der Waals surface area contributed by atoms with E-state index in [1.54, 1.807) is 0 Å². The Morgan fingerprint density at radius 2 is 0.750 bits per heavy atom. The highest BCUT2D eigenvalue weighted by molar-refractivity contribution is 6.04. The quantitative estimate of drug-likeness (QED) is 0.162. The Bertz CT molecular complexity index is 3610. The van der Waals surface area contributed by atoms with Crippen LogP contribution in [0.5, 0.6) is 0 Å². The van der Waals surface area contributed by atoms with Gasteiger partial charge in [-0.1, -0.05) is 200 Å². The first kappa shape index (κ1) is 31.0. The zero-order valence-electron chi connectivity index (χ0n) is 36.4. The lowest BCUT2D eigenvalue weighted by Gasteiger charge is -2.15. The monoisotopic (exact) mass is 767 g/mol. The van der Waals surface area contributed by atoms with Gasteiger partial charge < -0.3 is 0 Å².